The summed E-state index contributed by atoms with van der Waals surface area (Å²) in [6.07, 6.45) is 7.75. The lowest BCUT2D eigenvalue weighted by Crippen LogP contribution is -2.45. The fourth-order valence-electron chi connectivity index (χ4n) is 5.15. The van der Waals surface area contributed by atoms with E-state index >= 15 is 0 Å². The highest BCUT2D eigenvalue weighted by atomic mass is 16.2. The predicted molar refractivity (Wildman–Crippen MR) is 124 cm³/mol. The first-order chi connectivity index (χ1) is 15.6. The summed E-state index contributed by atoms with van der Waals surface area (Å²) in [5.41, 5.74) is 3.06. The molecule has 1 aliphatic heterocycles. The van der Waals surface area contributed by atoms with Crippen molar-refractivity contribution in [3.8, 4) is 0 Å². The predicted octanol–water partition coefficient (Wildman–Crippen LogP) is 1.72. The number of fused-ring (bicyclic) bond motifs is 1. The summed E-state index contributed by atoms with van der Waals surface area (Å²) in [5, 5.41) is 11.2. The highest BCUT2D eigenvalue weighted by Gasteiger charge is 2.30. The Morgan fingerprint density at radius 2 is 1.81 bits per heavy atom. The third kappa shape index (κ3) is 6.13. The van der Waals surface area contributed by atoms with E-state index in [2.05, 4.69) is 68.6 Å². The highest BCUT2D eigenvalue weighted by Crippen LogP contribution is 2.29. The molecule has 0 atom stereocenters. The summed E-state index contributed by atoms with van der Waals surface area (Å²) >= 11 is 0. The van der Waals surface area contributed by atoms with Gasteiger partial charge in [0.1, 0.15) is 6.33 Å². The second-order valence-corrected chi connectivity index (χ2v) is 9.63. The Hall–Kier alpha value is -2.32. The molecule has 0 N–H and O–H groups in total. The third-order valence-corrected chi connectivity index (χ3v) is 7.01. The molecule has 1 amide bonds. The number of nitrogens with zero attached hydrogens (tertiary/aromatic N) is 7. The van der Waals surface area contributed by atoms with Crippen LogP contribution in [0.2, 0.25) is 0 Å². The summed E-state index contributed by atoms with van der Waals surface area (Å²) in [6, 6.07) is 9.55. The van der Waals surface area contributed by atoms with E-state index in [0.717, 1.165) is 39.1 Å². The molecule has 2 aliphatic rings. The summed E-state index contributed by atoms with van der Waals surface area (Å²) in [4.78, 5) is 20.0. The molecule has 0 radical (unpaired) electrons. The number of amides is 1. The summed E-state index contributed by atoms with van der Waals surface area (Å²) in [6.45, 7) is 5.53. The molecule has 2 heterocycles. The Balaban J connectivity index is 1.26. The van der Waals surface area contributed by atoms with Crippen molar-refractivity contribution in [1.29, 1.82) is 0 Å². The largest absolute Gasteiger partial charge is 0.342 e. The normalized spacial score (nSPS) is 17.7. The molecule has 1 aliphatic carbocycles. The maximum Gasteiger partial charge on any atom is 0.224 e. The van der Waals surface area contributed by atoms with Crippen LogP contribution in [0.15, 0.2) is 30.6 Å². The molecule has 1 fully saturated rings. The molecule has 8 heteroatoms. The van der Waals surface area contributed by atoms with Crippen LogP contribution in [0.3, 0.4) is 0 Å². The SMILES string of the molecule is CN(C)CCCN(CC1CCN(C2Cc3ccccc3C2)CC1)C(=O)CCn1cnnn1. The van der Waals surface area contributed by atoms with Crippen molar-refractivity contribution in [3.05, 3.63) is 41.7 Å². The molecule has 32 heavy (non-hydrogen) atoms. The zero-order chi connectivity index (χ0) is 22.3. The maximum absolute atomic E-state index is 13.0. The number of likely N-dealkylation sites (tertiary alicyclic amines) is 1. The van der Waals surface area contributed by atoms with Gasteiger partial charge in [-0.1, -0.05) is 24.3 Å². The molecular weight excluding hydrogens is 402 g/mol. The van der Waals surface area contributed by atoms with E-state index in [0.29, 0.717) is 24.9 Å². The zero-order valence-corrected chi connectivity index (χ0v) is 19.6. The lowest BCUT2D eigenvalue weighted by Gasteiger charge is -2.38. The van der Waals surface area contributed by atoms with Gasteiger partial charge in [0, 0.05) is 25.6 Å². The molecule has 4 rings (SSSR count). The molecule has 1 aromatic carbocycles. The van der Waals surface area contributed by atoms with E-state index in [1.807, 2.05) is 0 Å². The van der Waals surface area contributed by atoms with Crippen LogP contribution < -0.4 is 0 Å². The topological polar surface area (TPSA) is 70.4 Å². The third-order valence-electron chi connectivity index (χ3n) is 7.01. The minimum Gasteiger partial charge on any atom is -0.342 e. The Labute approximate surface area is 191 Å². The average Bonchev–Trinajstić information content (AvgIpc) is 3.47. The van der Waals surface area contributed by atoms with E-state index in [-0.39, 0.29) is 5.91 Å². The van der Waals surface area contributed by atoms with Gasteiger partial charge in [-0.2, -0.15) is 0 Å². The summed E-state index contributed by atoms with van der Waals surface area (Å²) in [5.74, 6) is 0.805. The Bertz CT molecular complexity index is 821. The fraction of sp³-hybridized carbons (Fsp3) is 0.667. The summed E-state index contributed by atoms with van der Waals surface area (Å²) < 4.78 is 1.63. The number of aromatic nitrogens is 4. The van der Waals surface area contributed by atoms with Gasteiger partial charge in [0.15, 0.2) is 0 Å². The highest BCUT2D eigenvalue weighted by molar-refractivity contribution is 5.76. The second kappa shape index (κ2) is 11.0. The molecule has 0 spiro atoms. The van der Waals surface area contributed by atoms with Gasteiger partial charge in [-0.05, 0) is 93.3 Å². The molecule has 1 saturated heterocycles. The molecule has 174 valence electrons. The van der Waals surface area contributed by atoms with E-state index in [4.69, 9.17) is 0 Å². The first-order valence-corrected chi connectivity index (χ1v) is 12.0. The molecular formula is C24H37N7O. The van der Waals surface area contributed by atoms with Gasteiger partial charge in [-0.3, -0.25) is 9.69 Å². The minimum absolute atomic E-state index is 0.216. The van der Waals surface area contributed by atoms with E-state index < -0.39 is 0 Å². The number of rotatable bonds is 10. The van der Waals surface area contributed by atoms with Crippen LogP contribution in [-0.4, -0.2) is 93.7 Å². The monoisotopic (exact) mass is 439 g/mol. The van der Waals surface area contributed by atoms with Gasteiger partial charge in [-0.25, -0.2) is 4.68 Å². The van der Waals surface area contributed by atoms with Crippen LogP contribution in [-0.2, 0) is 24.2 Å². The van der Waals surface area contributed by atoms with Crippen LogP contribution >= 0.6 is 0 Å². The molecule has 2 aromatic rings. The van der Waals surface area contributed by atoms with Crippen molar-refractivity contribution < 1.29 is 4.79 Å². The van der Waals surface area contributed by atoms with Crippen molar-refractivity contribution in [1.82, 2.24) is 34.9 Å². The summed E-state index contributed by atoms with van der Waals surface area (Å²) in [7, 11) is 4.17. The van der Waals surface area contributed by atoms with E-state index in [1.54, 1.807) is 11.0 Å². The number of carbonyl (C=O) groups excluding carboxylic acids is 1. The lowest BCUT2D eigenvalue weighted by molar-refractivity contribution is -0.132. The zero-order valence-electron chi connectivity index (χ0n) is 19.6. The first-order valence-electron chi connectivity index (χ1n) is 12.0. The molecule has 1 aromatic heterocycles. The molecule has 0 bridgehead atoms. The molecule has 0 unspecified atom stereocenters. The van der Waals surface area contributed by atoms with Gasteiger partial charge in [-0.15, -0.1) is 5.10 Å². The Kier molecular flexibility index (Phi) is 7.86. The minimum atomic E-state index is 0.216. The van der Waals surface area contributed by atoms with Gasteiger partial charge < -0.3 is 9.80 Å². The first kappa shape index (κ1) is 22.9. The van der Waals surface area contributed by atoms with Crippen LogP contribution in [0.4, 0.5) is 0 Å². The van der Waals surface area contributed by atoms with Crippen molar-refractivity contribution in [3.63, 3.8) is 0 Å². The number of piperidine rings is 1. The van der Waals surface area contributed by atoms with Crippen LogP contribution in [0.1, 0.15) is 36.8 Å². The van der Waals surface area contributed by atoms with E-state index in [1.165, 1.54) is 36.8 Å². The van der Waals surface area contributed by atoms with Gasteiger partial charge in [0.05, 0.1) is 6.54 Å². The standard InChI is InChI=1S/C24H37N7O/c1-28(2)11-5-12-30(24(32)10-15-31-19-25-26-27-31)18-20-8-13-29(14-9-20)23-16-21-6-3-4-7-22(21)17-23/h3-4,6-7,19-20,23H,5,8-18H2,1-2H3. The smallest absolute Gasteiger partial charge is 0.224 e. The van der Waals surface area contributed by atoms with E-state index in [9.17, 15) is 4.79 Å². The van der Waals surface area contributed by atoms with Crippen molar-refractivity contribution in [2.75, 3.05) is 46.8 Å². The molecule has 0 saturated carbocycles. The van der Waals surface area contributed by atoms with Crippen molar-refractivity contribution in [2.24, 2.45) is 5.92 Å². The Morgan fingerprint density at radius 3 is 2.44 bits per heavy atom. The Morgan fingerprint density at radius 1 is 1.09 bits per heavy atom. The fourth-order valence-corrected chi connectivity index (χ4v) is 5.15. The van der Waals surface area contributed by atoms with Gasteiger partial charge in [0.25, 0.3) is 0 Å². The maximum atomic E-state index is 13.0. The van der Waals surface area contributed by atoms with Gasteiger partial charge >= 0.3 is 0 Å². The van der Waals surface area contributed by atoms with Crippen molar-refractivity contribution in [2.45, 2.75) is 51.1 Å². The van der Waals surface area contributed by atoms with Crippen molar-refractivity contribution >= 4 is 5.91 Å². The average molecular weight is 440 g/mol. The quantitative estimate of drug-likeness (QED) is 0.562. The number of tetrazole rings is 1. The number of carbonyl (C=O) groups is 1. The lowest BCUT2D eigenvalue weighted by atomic mass is 9.94. The van der Waals surface area contributed by atoms with Crippen LogP contribution in [0.5, 0.6) is 0 Å². The number of hydrogen-bond acceptors (Lipinski definition) is 6. The number of benzene rings is 1. The van der Waals surface area contributed by atoms with Crippen LogP contribution in [0.25, 0.3) is 0 Å². The van der Waals surface area contributed by atoms with Gasteiger partial charge in [0.2, 0.25) is 5.91 Å². The number of aryl methyl sites for hydroxylation is 1. The number of hydrogen-bond donors (Lipinski definition) is 0. The van der Waals surface area contributed by atoms with Crippen LogP contribution in [0, 0.1) is 5.92 Å². The second-order valence-electron chi connectivity index (χ2n) is 9.63. The molecule has 8 nitrogen and oxygen atoms in total.